The molecule has 1 saturated carbocycles. The predicted octanol–water partition coefficient (Wildman–Crippen LogP) is 3.47. The summed E-state index contributed by atoms with van der Waals surface area (Å²) in [5.41, 5.74) is 0.518. The molecule has 2 rings (SSSR count). The minimum absolute atomic E-state index is 0.567. The van der Waals surface area contributed by atoms with Gasteiger partial charge >= 0.3 is 0 Å². The van der Waals surface area contributed by atoms with Gasteiger partial charge in [-0.15, -0.1) is 11.3 Å². The van der Waals surface area contributed by atoms with Crippen molar-refractivity contribution in [1.82, 2.24) is 0 Å². The molecule has 72 valence electrons. The van der Waals surface area contributed by atoms with E-state index < -0.39 is 5.60 Å². The highest BCUT2D eigenvalue weighted by Gasteiger charge is 2.34. The molecule has 1 N–H and O–H groups in total. The first-order valence-corrected chi connectivity index (χ1v) is 5.80. The van der Waals surface area contributed by atoms with Gasteiger partial charge in [-0.05, 0) is 31.4 Å². The third-order valence-electron chi connectivity index (χ3n) is 2.75. The van der Waals surface area contributed by atoms with Gasteiger partial charge in [0.25, 0.3) is 0 Å². The van der Waals surface area contributed by atoms with Gasteiger partial charge in [0.15, 0.2) is 0 Å². The molecular formula is C10H13ClOS. The van der Waals surface area contributed by atoms with E-state index >= 15 is 0 Å². The van der Waals surface area contributed by atoms with Crippen LogP contribution in [0.5, 0.6) is 0 Å². The number of aliphatic hydroxyl groups is 1. The SMILES string of the molecule is Cc1cc(C2(O)CCCC2)sc1Cl. The largest absolute Gasteiger partial charge is 0.384 e. The van der Waals surface area contributed by atoms with Crippen LogP contribution in [0, 0.1) is 6.92 Å². The van der Waals surface area contributed by atoms with Crippen molar-refractivity contribution in [3.63, 3.8) is 0 Å². The van der Waals surface area contributed by atoms with Crippen LogP contribution in [0.1, 0.15) is 36.1 Å². The van der Waals surface area contributed by atoms with Crippen molar-refractivity contribution < 1.29 is 5.11 Å². The first-order chi connectivity index (χ1) is 6.12. The standard InChI is InChI=1S/C10H13ClOS/c1-7-6-8(13-9(7)11)10(12)4-2-3-5-10/h6,12H,2-5H2,1H3. The Balaban J connectivity index is 2.34. The van der Waals surface area contributed by atoms with Gasteiger partial charge in [-0.25, -0.2) is 0 Å². The van der Waals surface area contributed by atoms with Crippen LogP contribution in [-0.4, -0.2) is 5.11 Å². The molecule has 13 heavy (non-hydrogen) atoms. The summed E-state index contributed by atoms with van der Waals surface area (Å²) in [6.07, 6.45) is 4.04. The van der Waals surface area contributed by atoms with E-state index in [1.807, 2.05) is 13.0 Å². The molecule has 1 fully saturated rings. The van der Waals surface area contributed by atoms with Crippen LogP contribution < -0.4 is 0 Å². The van der Waals surface area contributed by atoms with Gasteiger partial charge in [0.2, 0.25) is 0 Å². The lowest BCUT2D eigenvalue weighted by Gasteiger charge is -2.19. The Bertz CT molecular complexity index is 293. The van der Waals surface area contributed by atoms with Gasteiger partial charge in [0, 0.05) is 4.88 Å². The van der Waals surface area contributed by atoms with Crippen molar-refractivity contribution in [2.75, 3.05) is 0 Å². The molecule has 0 bridgehead atoms. The van der Waals surface area contributed by atoms with Crippen molar-refractivity contribution in [1.29, 1.82) is 0 Å². The van der Waals surface area contributed by atoms with Crippen molar-refractivity contribution >= 4 is 22.9 Å². The lowest BCUT2D eigenvalue weighted by molar-refractivity contribution is 0.0483. The zero-order chi connectivity index (χ0) is 9.47. The first kappa shape index (κ1) is 9.50. The number of aryl methyl sites for hydroxylation is 1. The summed E-state index contributed by atoms with van der Waals surface area (Å²) in [5.74, 6) is 0. The number of rotatable bonds is 1. The van der Waals surface area contributed by atoms with E-state index in [2.05, 4.69) is 0 Å². The second-order valence-electron chi connectivity index (χ2n) is 3.81. The third-order valence-corrected chi connectivity index (χ3v) is 4.50. The molecular weight excluding hydrogens is 204 g/mol. The summed E-state index contributed by atoms with van der Waals surface area (Å²) in [6, 6.07) is 2.03. The molecule has 0 spiro atoms. The predicted molar refractivity (Wildman–Crippen MR) is 56.4 cm³/mol. The molecule has 1 aliphatic carbocycles. The lowest BCUT2D eigenvalue weighted by Crippen LogP contribution is -2.18. The normalized spacial score (nSPS) is 20.8. The van der Waals surface area contributed by atoms with E-state index in [1.165, 1.54) is 11.3 Å². The molecule has 0 saturated heterocycles. The van der Waals surface area contributed by atoms with Crippen molar-refractivity contribution in [2.24, 2.45) is 0 Å². The minimum atomic E-state index is -0.567. The van der Waals surface area contributed by atoms with Crippen LogP contribution in [0.2, 0.25) is 4.34 Å². The van der Waals surface area contributed by atoms with Gasteiger partial charge in [-0.2, -0.15) is 0 Å². The maximum absolute atomic E-state index is 10.3. The van der Waals surface area contributed by atoms with Crippen molar-refractivity contribution in [3.05, 3.63) is 20.8 Å². The molecule has 1 aromatic rings. The Morgan fingerprint density at radius 3 is 2.54 bits per heavy atom. The van der Waals surface area contributed by atoms with Crippen LogP contribution in [0.4, 0.5) is 0 Å². The average Bonchev–Trinajstić information content (AvgIpc) is 2.62. The quantitative estimate of drug-likeness (QED) is 0.762. The summed E-state index contributed by atoms with van der Waals surface area (Å²) in [6.45, 7) is 1.99. The Hall–Kier alpha value is -0.0500. The zero-order valence-electron chi connectivity index (χ0n) is 7.64. The summed E-state index contributed by atoms with van der Waals surface area (Å²) in [4.78, 5) is 1.05. The fourth-order valence-corrected chi connectivity index (χ4v) is 3.24. The molecule has 0 amide bonds. The highest BCUT2D eigenvalue weighted by atomic mass is 35.5. The molecule has 0 unspecified atom stereocenters. The van der Waals surface area contributed by atoms with Crippen LogP contribution in [0.3, 0.4) is 0 Å². The van der Waals surface area contributed by atoms with E-state index in [1.54, 1.807) is 0 Å². The maximum atomic E-state index is 10.3. The Morgan fingerprint density at radius 2 is 2.08 bits per heavy atom. The summed E-state index contributed by atoms with van der Waals surface area (Å²) in [5, 5.41) is 10.3. The molecule has 1 aliphatic rings. The molecule has 0 aromatic carbocycles. The zero-order valence-corrected chi connectivity index (χ0v) is 9.21. The van der Waals surface area contributed by atoms with E-state index in [-0.39, 0.29) is 0 Å². The highest BCUT2D eigenvalue weighted by Crippen LogP contribution is 2.43. The Morgan fingerprint density at radius 1 is 1.46 bits per heavy atom. The second-order valence-corrected chi connectivity index (χ2v) is 5.46. The maximum Gasteiger partial charge on any atom is 0.0988 e. The summed E-state index contributed by atoms with van der Waals surface area (Å²) >= 11 is 7.50. The molecule has 1 aromatic heterocycles. The molecule has 1 heterocycles. The van der Waals surface area contributed by atoms with E-state index in [0.717, 1.165) is 40.5 Å². The van der Waals surface area contributed by atoms with E-state index in [0.29, 0.717) is 0 Å². The fraction of sp³-hybridized carbons (Fsp3) is 0.600. The monoisotopic (exact) mass is 216 g/mol. The lowest BCUT2D eigenvalue weighted by atomic mass is 10.0. The van der Waals surface area contributed by atoms with E-state index in [9.17, 15) is 5.11 Å². The van der Waals surface area contributed by atoms with Crippen molar-refractivity contribution in [3.8, 4) is 0 Å². The summed E-state index contributed by atoms with van der Waals surface area (Å²) < 4.78 is 0.815. The van der Waals surface area contributed by atoms with Gasteiger partial charge in [0.05, 0.1) is 9.94 Å². The molecule has 1 nitrogen and oxygen atoms in total. The Labute approximate surface area is 87.4 Å². The van der Waals surface area contributed by atoms with Crippen LogP contribution in [0.25, 0.3) is 0 Å². The highest BCUT2D eigenvalue weighted by molar-refractivity contribution is 7.16. The first-order valence-electron chi connectivity index (χ1n) is 4.61. The van der Waals surface area contributed by atoms with Crippen LogP contribution in [0.15, 0.2) is 6.07 Å². The van der Waals surface area contributed by atoms with Gasteiger partial charge < -0.3 is 5.11 Å². The van der Waals surface area contributed by atoms with Crippen LogP contribution in [-0.2, 0) is 5.60 Å². The number of hydrogen-bond acceptors (Lipinski definition) is 2. The second kappa shape index (κ2) is 3.26. The van der Waals surface area contributed by atoms with Gasteiger partial charge in [0.1, 0.15) is 0 Å². The smallest absolute Gasteiger partial charge is 0.0988 e. The van der Waals surface area contributed by atoms with Gasteiger partial charge in [-0.1, -0.05) is 24.4 Å². The summed E-state index contributed by atoms with van der Waals surface area (Å²) in [7, 11) is 0. The third kappa shape index (κ3) is 1.63. The Kier molecular flexibility index (Phi) is 2.39. The molecule has 0 atom stereocenters. The van der Waals surface area contributed by atoms with E-state index in [4.69, 9.17) is 11.6 Å². The number of halogens is 1. The molecule has 3 heteroatoms. The average molecular weight is 217 g/mol. The molecule has 0 aliphatic heterocycles. The molecule has 0 radical (unpaired) electrons. The van der Waals surface area contributed by atoms with Crippen LogP contribution >= 0.6 is 22.9 Å². The van der Waals surface area contributed by atoms with Gasteiger partial charge in [-0.3, -0.25) is 0 Å². The topological polar surface area (TPSA) is 20.2 Å². The minimum Gasteiger partial charge on any atom is -0.384 e. The number of hydrogen-bond donors (Lipinski definition) is 1. The number of thiophene rings is 1. The fourth-order valence-electron chi connectivity index (χ4n) is 1.90. The van der Waals surface area contributed by atoms with Crippen molar-refractivity contribution in [2.45, 2.75) is 38.2 Å².